The van der Waals surface area contributed by atoms with Crippen molar-refractivity contribution in [3.05, 3.63) is 0 Å². The van der Waals surface area contributed by atoms with Crippen molar-refractivity contribution in [1.82, 2.24) is 5.32 Å². The molecule has 0 radical (unpaired) electrons. The Morgan fingerprint density at radius 1 is 1.56 bits per heavy atom. The molecule has 96 valence electrons. The van der Waals surface area contributed by atoms with E-state index in [4.69, 9.17) is 9.47 Å². The number of rotatable bonds is 7. The molecule has 1 fully saturated rings. The lowest BCUT2D eigenvalue weighted by Crippen LogP contribution is -2.48. The van der Waals surface area contributed by atoms with Crippen molar-refractivity contribution in [3.8, 4) is 0 Å². The fourth-order valence-corrected chi connectivity index (χ4v) is 2.51. The third-order valence-electron chi connectivity index (χ3n) is 4.06. The summed E-state index contributed by atoms with van der Waals surface area (Å²) >= 11 is 0. The van der Waals surface area contributed by atoms with Crippen LogP contribution in [-0.4, -0.2) is 38.5 Å². The molecular weight excluding hydrogens is 202 g/mol. The summed E-state index contributed by atoms with van der Waals surface area (Å²) in [6.07, 6.45) is 6.23. The second-order valence-electron chi connectivity index (χ2n) is 4.92. The number of hydrogen-bond acceptors (Lipinski definition) is 3. The number of methoxy groups -OCH3 is 1. The van der Waals surface area contributed by atoms with Crippen molar-refractivity contribution in [1.29, 1.82) is 0 Å². The van der Waals surface area contributed by atoms with Crippen LogP contribution in [0.25, 0.3) is 0 Å². The van der Waals surface area contributed by atoms with Crippen LogP contribution in [0.2, 0.25) is 0 Å². The number of nitrogens with one attached hydrogen (secondary N) is 1. The maximum atomic E-state index is 5.66. The number of hydrogen-bond donors (Lipinski definition) is 1. The molecule has 0 bridgehead atoms. The Kier molecular flexibility index (Phi) is 5.73. The van der Waals surface area contributed by atoms with Gasteiger partial charge in [-0.05, 0) is 46.1 Å². The van der Waals surface area contributed by atoms with E-state index in [1.807, 2.05) is 7.05 Å². The smallest absolute Gasteiger partial charge is 0.0800 e. The summed E-state index contributed by atoms with van der Waals surface area (Å²) in [6, 6.07) is 0.409. The van der Waals surface area contributed by atoms with Crippen molar-refractivity contribution >= 4 is 0 Å². The fourth-order valence-electron chi connectivity index (χ4n) is 2.51. The first kappa shape index (κ1) is 13.9. The summed E-state index contributed by atoms with van der Waals surface area (Å²) in [4.78, 5) is 0. The highest BCUT2D eigenvalue weighted by Crippen LogP contribution is 2.25. The maximum absolute atomic E-state index is 5.66. The van der Waals surface area contributed by atoms with Crippen LogP contribution in [0.1, 0.15) is 46.0 Å². The van der Waals surface area contributed by atoms with Crippen molar-refractivity contribution in [3.63, 3.8) is 0 Å². The SMILES string of the molecule is CCC(C)(OC)C(CCC1CCCO1)NC. The lowest BCUT2D eigenvalue weighted by molar-refractivity contribution is -0.0328. The van der Waals surface area contributed by atoms with E-state index in [0.717, 1.165) is 25.9 Å². The number of likely N-dealkylation sites (N-methyl/N-ethyl adjacent to an activating group) is 1. The van der Waals surface area contributed by atoms with Gasteiger partial charge in [-0.2, -0.15) is 0 Å². The van der Waals surface area contributed by atoms with E-state index in [0.29, 0.717) is 12.1 Å². The minimum atomic E-state index is -0.0621. The van der Waals surface area contributed by atoms with Gasteiger partial charge in [0.2, 0.25) is 0 Å². The van der Waals surface area contributed by atoms with E-state index in [-0.39, 0.29) is 5.60 Å². The fraction of sp³-hybridized carbons (Fsp3) is 1.00. The minimum Gasteiger partial charge on any atom is -0.378 e. The lowest BCUT2D eigenvalue weighted by Gasteiger charge is -2.36. The highest BCUT2D eigenvalue weighted by Gasteiger charge is 2.32. The van der Waals surface area contributed by atoms with E-state index in [9.17, 15) is 0 Å². The van der Waals surface area contributed by atoms with Gasteiger partial charge in [-0.1, -0.05) is 6.92 Å². The van der Waals surface area contributed by atoms with Crippen LogP contribution in [0.15, 0.2) is 0 Å². The molecule has 0 spiro atoms. The van der Waals surface area contributed by atoms with Crippen LogP contribution in [0.4, 0.5) is 0 Å². The predicted molar refractivity (Wildman–Crippen MR) is 66.8 cm³/mol. The highest BCUT2D eigenvalue weighted by molar-refractivity contribution is 4.88. The maximum Gasteiger partial charge on any atom is 0.0800 e. The second-order valence-corrected chi connectivity index (χ2v) is 4.92. The molecule has 1 rings (SSSR count). The Bertz CT molecular complexity index is 186. The second kappa shape index (κ2) is 6.58. The molecule has 0 aromatic rings. The predicted octanol–water partition coefficient (Wildman–Crippen LogP) is 2.35. The van der Waals surface area contributed by atoms with Crippen molar-refractivity contribution in [2.45, 2.75) is 63.7 Å². The molecule has 1 saturated heterocycles. The molecule has 1 heterocycles. The number of ether oxygens (including phenoxy) is 2. The first-order chi connectivity index (χ1) is 7.66. The molecule has 0 saturated carbocycles. The van der Waals surface area contributed by atoms with Crippen LogP contribution in [0.3, 0.4) is 0 Å². The summed E-state index contributed by atoms with van der Waals surface area (Å²) < 4.78 is 11.3. The van der Waals surface area contributed by atoms with E-state index in [1.165, 1.54) is 12.8 Å². The summed E-state index contributed by atoms with van der Waals surface area (Å²) in [5.41, 5.74) is -0.0621. The molecule has 1 aliphatic heterocycles. The molecule has 1 N–H and O–H groups in total. The topological polar surface area (TPSA) is 30.5 Å². The van der Waals surface area contributed by atoms with Gasteiger partial charge in [0.25, 0.3) is 0 Å². The van der Waals surface area contributed by atoms with Gasteiger partial charge in [-0.25, -0.2) is 0 Å². The van der Waals surface area contributed by atoms with Gasteiger partial charge in [0, 0.05) is 19.8 Å². The zero-order valence-electron chi connectivity index (χ0n) is 11.2. The Morgan fingerprint density at radius 3 is 2.75 bits per heavy atom. The normalized spacial score (nSPS) is 26.6. The standard InChI is InChI=1S/C13H27NO2/c1-5-13(2,15-4)12(14-3)9-8-11-7-6-10-16-11/h11-12,14H,5-10H2,1-4H3. The zero-order chi connectivity index (χ0) is 12.0. The Labute approximate surface area is 99.9 Å². The van der Waals surface area contributed by atoms with Crippen LogP contribution in [0.5, 0.6) is 0 Å². The first-order valence-corrected chi connectivity index (χ1v) is 6.50. The van der Waals surface area contributed by atoms with Crippen LogP contribution >= 0.6 is 0 Å². The Balaban J connectivity index is 2.40. The zero-order valence-corrected chi connectivity index (χ0v) is 11.2. The van der Waals surface area contributed by atoms with Crippen LogP contribution in [-0.2, 0) is 9.47 Å². The molecule has 0 aromatic heterocycles. The third kappa shape index (κ3) is 3.44. The van der Waals surface area contributed by atoms with E-state index in [2.05, 4.69) is 19.2 Å². The van der Waals surface area contributed by atoms with Gasteiger partial charge in [0.05, 0.1) is 11.7 Å². The summed E-state index contributed by atoms with van der Waals surface area (Å²) in [5.74, 6) is 0. The largest absolute Gasteiger partial charge is 0.378 e. The van der Waals surface area contributed by atoms with Crippen LogP contribution < -0.4 is 5.32 Å². The Hall–Kier alpha value is -0.120. The average molecular weight is 229 g/mol. The molecule has 0 aliphatic carbocycles. The van der Waals surface area contributed by atoms with Gasteiger partial charge >= 0.3 is 0 Å². The summed E-state index contributed by atoms with van der Waals surface area (Å²) in [5, 5.41) is 3.39. The van der Waals surface area contributed by atoms with Crippen molar-refractivity contribution in [2.24, 2.45) is 0 Å². The molecule has 3 nitrogen and oxygen atoms in total. The van der Waals surface area contributed by atoms with E-state index < -0.39 is 0 Å². The van der Waals surface area contributed by atoms with Crippen molar-refractivity contribution < 1.29 is 9.47 Å². The molecular formula is C13H27NO2. The highest BCUT2D eigenvalue weighted by atomic mass is 16.5. The quantitative estimate of drug-likeness (QED) is 0.727. The van der Waals surface area contributed by atoms with Gasteiger partial charge in [0.15, 0.2) is 0 Å². The third-order valence-corrected chi connectivity index (χ3v) is 4.06. The monoisotopic (exact) mass is 229 g/mol. The molecule has 1 aliphatic rings. The lowest BCUT2D eigenvalue weighted by atomic mass is 9.89. The van der Waals surface area contributed by atoms with Gasteiger partial charge < -0.3 is 14.8 Å². The Morgan fingerprint density at radius 2 is 2.31 bits per heavy atom. The van der Waals surface area contributed by atoms with Gasteiger partial charge in [-0.15, -0.1) is 0 Å². The molecule has 3 atom stereocenters. The molecule has 0 aromatic carbocycles. The van der Waals surface area contributed by atoms with Gasteiger partial charge in [-0.3, -0.25) is 0 Å². The van der Waals surface area contributed by atoms with E-state index in [1.54, 1.807) is 7.11 Å². The average Bonchev–Trinajstić information content (AvgIpc) is 2.82. The summed E-state index contributed by atoms with van der Waals surface area (Å²) in [6.45, 7) is 5.31. The molecule has 0 amide bonds. The minimum absolute atomic E-state index is 0.0621. The molecule has 16 heavy (non-hydrogen) atoms. The van der Waals surface area contributed by atoms with Gasteiger partial charge in [0.1, 0.15) is 0 Å². The molecule has 3 heteroatoms. The van der Waals surface area contributed by atoms with Crippen LogP contribution in [0, 0.1) is 0 Å². The van der Waals surface area contributed by atoms with Crippen molar-refractivity contribution in [2.75, 3.05) is 20.8 Å². The molecule has 3 unspecified atom stereocenters. The van der Waals surface area contributed by atoms with E-state index >= 15 is 0 Å². The first-order valence-electron chi connectivity index (χ1n) is 6.50. The summed E-state index contributed by atoms with van der Waals surface area (Å²) in [7, 11) is 3.83.